The number of carbonyl (C=O) groups excluding carboxylic acids is 1. The van der Waals surface area contributed by atoms with Crippen molar-refractivity contribution in [1.29, 1.82) is 0 Å². The van der Waals surface area contributed by atoms with Crippen molar-refractivity contribution in [2.45, 2.75) is 25.4 Å². The number of methoxy groups -OCH3 is 1. The Hall–Kier alpha value is -2.08. The summed E-state index contributed by atoms with van der Waals surface area (Å²) in [5.41, 5.74) is 1.16. The van der Waals surface area contributed by atoms with Crippen molar-refractivity contribution in [2.24, 2.45) is 5.92 Å². The number of nitrogens with one attached hydrogen (secondary N) is 1. The molecule has 1 saturated heterocycles. The molecule has 1 aromatic rings. The van der Waals surface area contributed by atoms with Gasteiger partial charge in [0.25, 0.3) is 0 Å². The number of carbonyl (C=O) groups is 2. The van der Waals surface area contributed by atoms with E-state index in [1.807, 2.05) is 30.3 Å². The van der Waals surface area contributed by atoms with Gasteiger partial charge in [-0.15, -0.1) is 0 Å². The van der Waals surface area contributed by atoms with E-state index in [1.165, 1.54) is 7.11 Å². The summed E-state index contributed by atoms with van der Waals surface area (Å²) in [6.07, 6.45) is 0.408. The molecule has 22 heavy (non-hydrogen) atoms. The van der Waals surface area contributed by atoms with E-state index in [1.54, 1.807) is 4.90 Å². The molecule has 1 aromatic carbocycles. The van der Waals surface area contributed by atoms with E-state index < -0.39 is 12.1 Å². The zero-order valence-corrected chi connectivity index (χ0v) is 12.7. The lowest BCUT2D eigenvalue weighted by molar-refractivity contribution is -0.138. The first-order chi connectivity index (χ1) is 10.6. The molecule has 0 spiro atoms. The summed E-state index contributed by atoms with van der Waals surface area (Å²) in [6, 6.07) is 10.0. The maximum Gasteiger partial charge on any atom is 0.409 e. The van der Waals surface area contributed by atoms with Gasteiger partial charge in [-0.3, -0.25) is 4.79 Å². The molecule has 0 aliphatic carbocycles. The summed E-state index contributed by atoms with van der Waals surface area (Å²) in [6.45, 7) is 1.67. The highest BCUT2D eigenvalue weighted by molar-refractivity contribution is 5.69. The quantitative estimate of drug-likeness (QED) is 0.866. The highest BCUT2D eigenvalue weighted by Gasteiger charge is 2.31. The third-order valence-corrected chi connectivity index (χ3v) is 3.87. The molecule has 1 aliphatic heterocycles. The van der Waals surface area contributed by atoms with Gasteiger partial charge in [-0.2, -0.15) is 0 Å². The third-order valence-electron chi connectivity index (χ3n) is 3.87. The van der Waals surface area contributed by atoms with Crippen LogP contribution in [-0.2, 0) is 16.1 Å². The predicted molar refractivity (Wildman–Crippen MR) is 81.4 cm³/mol. The standard InChI is InChI=1S/C16H22N2O4/c1-22-16(21)18-10-13(8-15(19)20)7-14(11-18)17-9-12-5-3-2-4-6-12/h2-6,13-14,17H,7-11H2,1H3,(H,19,20). The number of ether oxygens (including phenoxy) is 1. The lowest BCUT2D eigenvalue weighted by atomic mass is 9.91. The summed E-state index contributed by atoms with van der Waals surface area (Å²) in [5.74, 6) is -0.892. The van der Waals surface area contributed by atoms with Crippen molar-refractivity contribution < 1.29 is 19.4 Å². The Morgan fingerprint density at radius 3 is 2.68 bits per heavy atom. The summed E-state index contributed by atoms with van der Waals surface area (Å²) < 4.78 is 4.77. The Bertz CT molecular complexity index is 506. The zero-order valence-electron chi connectivity index (χ0n) is 12.7. The minimum Gasteiger partial charge on any atom is -0.481 e. The van der Waals surface area contributed by atoms with Crippen LogP contribution < -0.4 is 5.32 Å². The number of aliphatic carboxylic acids is 1. The summed E-state index contributed by atoms with van der Waals surface area (Å²) >= 11 is 0. The van der Waals surface area contributed by atoms with E-state index in [0.717, 1.165) is 12.0 Å². The molecule has 120 valence electrons. The third kappa shape index (κ3) is 4.73. The van der Waals surface area contributed by atoms with E-state index in [9.17, 15) is 9.59 Å². The van der Waals surface area contributed by atoms with Gasteiger partial charge in [-0.1, -0.05) is 30.3 Å². The van der Waals surface area contributed by atoms with E-state index >= 15 is 0 Å². The maximum absolute atomic E-state index is 11.7. The lowest BCUT2D eigenvalue weighted by Crippen LogP contribution is -2.51. The van der Waals surface area contributed by atoms with E-state index in [2.05, 4.69) is 5.32 Å². The largest absolute Gasteiger partial charge is 0.481 e. The number of piperidine rings is 1. The van der Waals surface area contributed by atoms with Crippen molar-refractivity contribution in [3.05, 3.63) is 35.9 Å². The Morgan fingerprint density at radius 2 is 2.05 bits per heavy atom. The smallest absolute Gasteiger partial charge is 0.409 e. The SMILES string of the molecule is COC(=O)N1CC(CC(=O)O)CC(NCc2ccccc2)C1. The number of carboxylic acids is 1. The average Bonchev–Trinajstić information content (AvgIpc) is 2.52. The number of hydrogen-bond donors (Lipinski definition) is 2. The molecular formula is C16H22N2O4. The van der Waals surface area contributed by atoms with Crippen molar-refractivity contribution in [3.63, 3.8) is 0 Å². The Balaban J connectivity index is 1.95. The van der Waals surface area contributed by atoms with Crippen LogP contribution in [0.25, 0.3) is 0 Å². The minimum atomic E-state index is -0.835. The monoisotopic (exact) mass is 306 g/mol. The molecule has 2 N–H and O–H groups in total. The van der Waals surface area contributed by atoms with Crippen LogP contribution in [0.1, 0.15) is 18.4 Å². The highest BCUT2D eigenvalue weighted by Crippen LogP contribution is 2.21. The fourth-order valence-electron chi connectivity index (χ4n) is 2.88. The molecule has 2 atom stereocenters. The molecule has 6 heteroatoms. The van der Waals surface area contributed by atoms with Crippen molar-refractivity contribution in [1.82, 2.24) is 10.2 Å². The second-order valence-electron chi connectivity index (χ2n) is 5.64. The summed E-state index contributed by atoms with van der Waals surface area (Å²) in [7, 11) is 1.34. The molecule has 0 radical (unpaired) electrons. The van der Waals surface area contributed by atoms with Crippen molar-refractivity contribution in [3.8, 4) is 0 Å². The molecule has 2 unspecified atom stereocenters. The van der Waals surface area contributed by atoms with Crippen LogP contribution >= 0.6 is 0 Å². The number of rotatable bonds is 5. The maximum atomic E-state index is 11.7. The van der Waals surface area contributed by atoms with Crippen LogP contribution in [-0.4, -0.2) is 48.3 Å². The van der Waals surface area contributed by atoms with Crippen LogP contribution in [0.3, 0.4) is 0 Å². The van der Waals surface area contributed by atoms with E-state index in [0.29, 0.717) is 19.6 Å². The van der Waals surface area contributed by atoms with E-state index in [-0.39, 0.29) is 18.4 Å². The van der Waals surface area contributed by atoms with Gasteiger partial charge in [0.05, 0.1) is 7.11 Å². The highest BCUT2D eigenvalue weighted by atomic mass is 16.5. The number of likely N-dealkylation sites (tertiary alicyclic amines) is 1. The number of hydrogen-bond acceptors (Lipinski definition) is 4. The summed E-state index contributed by atoms with van der Waals surface area (Å²) in [5, 5.41) is 12.4. The van der Waals surface area contributed by atoms with Gasteiger partial charge in [-0.25, -0.2) is 4.79 Å². The zero-order chi connectivity index (χ0) is 15.9. The van der Waals surface area contributed by atoms with Crippen LogP contribution in [0.4, 0.5) is 4.79 Å². The minimum absolute atomic E-state index is 0.0568. The van der Waals surface area contributed by atoms with Gasteiger partial charge in [0.15, 0.2) is 0 Å². The predicted octanol–water partition coefficient (Wildman–Crippen LogP) is 1.71. The molecular weight excluding hydrogens is 284 g/mol. The van der Waals surface area contributed by atoms with E-state index in [4.69, 9.17) is 9.84 Å². The average molecular weight is 306 g/mol. The molecule has 1 heterocycles. The van der Waals surface area contributed by atoms with Crippen LogP contribution in [0, 0.1) is 5.92 Å². The van der Waals surface area contributed by atoms with Gasteiger partial charge in [0.2, 0.25) is 0 Å². The number of amides is 1. The van der Waals surface area contributed by atoms with Gasteiger partial charge in [-0.05, 0) is 17.9 Å². The first-order valence-corrected chi connectivity index (χ1v) is 7.40. The summed E-state index contributed by atoms with van der Waals surface area (Å²) in [4.78, 5) is 24.3. The second kappa shape index (κ2) is 7.79. The molecule has 1 aliphatic rings. The van der Waals surface area contributed by atoms with Crippen molar-refractivity contribution in [2.75, 3.05) is 20.2 Å². The van der Waals surface area contributed by atoms with Crippen LogP contribution in [0.2, 0.25) is 0 Å². The van der Waals surface area contributed by atoms with Crippen LogP contribution in [0.15, 0.2) is 30.3 Å². The second-order valence-corrected chi connectivity index (χ2v) is 5.64. The topological polar surface area (TPSA) is 78.9 Å². The van der Waals surface area contributed by atoms with Gasteiger partial charge < -0.3 is 20.1 Å². The molecule has 0 bridgehead atoms. The van der Waals surface area contributed by atoms with Gasteiger partial charge in [0.1, 0.15) is 0 Å². The first kappa shape index (κ1) is 16.3. The normalized spacial score (nSPS) is 21.4. The number of benzene rings is 1. The molecule has 1 amide bonds. The van der Waals surface area contributed by atoms with Crippen molar-refractivity contribution >= 4 is 12.1 Å². The molecule has 0 saturated carbocycles. The van der Waals surface area contributed by atoms with Gasteiger partial charge >= 0.3 is 12.1 Å². The van der Waals surface area contributed by atoms with Crippen LogP contribution in [0.5, 0.6) is 0 Å². The molecule has 2 rings (SSSR count). The molecule has 1 fully saturated rings. The Morgan fingerprint density at radius 1 is 1.32 bits per heavy atom. The molecule has 6 nitrogen and oxygen atoms in total. The Labute approximate surface area is 130 Å². The first-order valence-electron chi connectivity index (χ1n) is 7.40. The lowest BCUT2D eigenvalue weighted by Gasteiger charge is -2.37. The molecule has 0 aromatic heterocycles. The van der Waals surface area contributed by atoms with Gasteiger partial charge in [0, 0.05) is 32.1 Å². The fourth-order valence-corrected chi connectivity index (χ4v) is 2.88. The number of carboxylic acid groups (broad SMARTS) is 1. The Kier molecular flexibility index (Phi) is 5.77. The fraction of sp³-hybridized carbons (Fsp3) is 0.500. The number of nitrogens with zero attached hydrogens (tertiary/aromatic N) is 1.